The zero-order valence-corrected chi connectivity index (χ0v) is 11.0. The van der Waals surface area contributed by atoms with E-state index in [4.69, 9.17) is 21.4 Å². The fourth-order valence-electron chi connectivity index (χ4n) is 1.38. The SMILES string of the molecule is O=C(O)C1=CN=C(COc2ccccc2Cl)S1(=O)=O. The normalized spacial score (nSPS) is 16.7. The smallest absolute Gasteiger partial charge is 0.349 e. The van der Waals surface area contributed by atoms with Crippen molar-refractivity contribution in [3.8, 4) is 5.75 Å². The van der Waals surface area contributed by atoms with Gasteiger partial charge in [0.15, 0.2) is 9.95 Å². The molecule has 0 saturated heterocycles. The second kappa shape index (κ2) is 5.02. The van der Waals surface area contributed by atoms with Crippen LogP contribution in [0.3, 0.4) is 0 Å². The minimum atomic E-state index is -4.07. The summed E-state index contributed by atoms with van der Waals surface area (Å²) in [6, 6.07) is 6.52. The Labute approximate surface area is 113 Å². The monoisotopic (exact) mass is 301 g/mol. The number of carbonyl (C=O) groups is 1. The molecule has 1 aliphatic heterocycles. The molecule has 0 fully saturated rings. The molecule has 19 heavy (non-hydrogen) atoms. The van der Waals surface area contributed by atoms with Gasteiger partial charge in [-0.2, -0.15) is 0 Å². The van der Waals surface area contributed by atoms with Gasteiger partial charge in [0.25, 0.3) is 0 Å². The Morgan fingerprint density at radius 3 is 2.63 bits per heavy atom. The van der Waals surface area contributed by atoms with Gasteiger partial charge in [0.05, 0.1) is 11.2 Å². The van der Waals surface area contributed by atoms with Crippen molar-refractivity contribution in [3.05, 3.63) is 40.4 Å². The van der Waals surface area contributed by atoms with Crippen LogP contribution in [0.5, 0.6) is 5.75 Å². The predicted octanol–water partition coefficient (Wildman–Crippen LogP) is 1.47. The summed E-state index contributed by atoms with van der Waals surface area (Å²) in [5.74, 6) is -1.25. The van der Waals surface area contributed by atoms with Crippen LogP contribution >= 0.6 is 11.6 Å². The van der Waals surface area contributed by atoms with Crippen LogP contribution in [-0.4, -0.2) is 31.1 Å². The molecular weight excluding hydrogens is 294 g/mol. The molecule has 0 bridgehead atoms. The Morgan fingerprint density at radius 1 is 1.37 bits per heavy atom. The summed E-state index contributed by atoms with van der Waals surface area (Å²) in [7, 11) is -4.07. The highest BCUT2D eigenvalue weighted by atomic mass is 35.5. The number of ether oxygens (including phenoxy) is 1. The first kappa shape index (κ1) is 13.6. The van der Waals surface area contributed by atoms with Crippen molar-refractivity contribution in [2.45, 2.75) is 0 Å². The van der Waals surface area contributed by atoms with Gasteiger partial charge in [-0.25, -0.2) is 18.2 Å². The van der Waals surface area contributed by atoms with Crippen LogP contribution in [0.25, 0.3) is 0 Å². The van der Waals surface area contributed by atoms with E-state index < -0.39 is 20.7 Å². The molecule has 100 valence electrons. The number of hydrogen-bond acceptors (Lipinski definition) is 5. The summed E-state index contributed by atoms with van der Waals surface area (Å²) in [6.07, 6.45) is 0.795. The van der Waals surface area contributed by atoms with E-state index >= 15 is 0 Å². The fraction of sp³-hybridized carbons (Fsp3) is 0.0909. The predicted molar refractivity (Wildman–Crippen MR) is 69.0 cm³/mol. The molecule has 0 radical (unpaired) electrons. The number of benzene rings is 1. The third-order valence-corrected chi connectivity index (χ3v) is 4.34. The zero-order chi connectivity index (χ0) is 14.0. The topological polar surface area (TPSA) is 93.0 Å². The van der Waals surface area contributed by atoms with Crippen molar-refractivity contribution in [1.29, 1.82) is 0 Å². The maximum absolute atomic E-state index is 11.7. The standard InChI is InChI=1S/C11H8ClNO5S/c12-7-3-1-2-4-8(7)18-6-10-13-5-9(11(14)15)19(10,16)17/h1-5H,6H2,(H,14,15). The number of hydrogen-bond donors (Lipinski definition) is 1. The van der Waals surface area contributed by atoms with Crippen molar-refractivity contribution in [2.24, 2.45) is 4.99 Å². The van der Waals surface area contributed by atoms with E-state index in [1.807, 2.05) is 0 Å². The summed E-state index contributed by atoms with van der Waals surface area (Å²) in [4.78, 5) is 13.5. The Balaban J connectivity index is 2.12. The first-order chi connectivity index (χ1) is 8.93. The van der Waals surface area contributed by atoms with Gasteiger partial charge in [0, 0.05) is 0 Å². The Morgan fingerprint density at radius 2 is 2.05 bits per heavy atom. The fourth-order valence-corrected chi connectivity index (χ4v) is 2.65. The van der Waals surface area contributed by atoms with E-state index in [9.17, 15) is 13.2 Å². The van der Waals surface area contributed by atoms with Crippen LogP contribution in [0, 0.1) is 0 Å². The third kappa shape index (κ3) is 2.61. The molecule has 0 unspecified atom stereocenters. The highest BCUT2D eigenvalue weighted by molar-refractivity contribution is 8.10. The highest BCUT2D eigenvalue weighted by Crippen LogP contribution is 2.24. The van der Waals surface area contributed by atoms with Gasteiger partial charge in [-0.15, -0.1) is 0 Å². The average Bonchev–Trinajstić information content (AvgIpc) is 2.63. The average molecular weight is 302 g/mol. The summed E-state index contributed by atoms with van der Waals surface area (Å²) >= 11 is 5.84. The number of para-hydroxylation sites is 1. The number of carboxylic acids is 1. The molecule has 1 aliphatic rings. The summed E-state index contributed by atoms with van der Waals surface area (Å²) in [6.45, 7) is -0.376. The van der Waals surface area contributed by atoms with Crippen LogP contribution < -0.4 is 4.74 Å². The van der Waals surface area contributed by atoms with Gasteiger partial charge < -0.3 is 9.84 Å². The van der Waals surface area contributed by atoms with Crippen molar-refractivity contribution in [3.63, 3.8) is 0 Å². The van der Waals surface area contributed by atoms with Gasteiger partial charge in [0.1, 0.15) is 12.4 Å². The summed E-state index contributed by atoms with van der Waals surface area (Å²) in [5, 5.41) is 8.68. The number of nitrogens with zero attached hydrogens (tertiary/aromatic N) is 1. The van der Waals surface area contributed by atoms with E-state index in [0.29, 0.717) is 10.8 Å². The minimum absolute atomic E-state index is 0.297. The lowest BCUT2D eigenvalue weighted by molar-refractivity contribution is -0.131. The van der Waals surface area contributed by atoms with E-state index in [0.717, 1.165) is 6.20 Å². The third-order valence-electron chi connectivity index (χ3n) is 2.32. The quantitative estimate of drug-likeness (QED) is 0.909. The van der Waals surface area contributed by atoms with Crippen LogP contribution in [0.4, 0.5) is 0 Å². The molecule has 0 spiro atoms. The zero-order valence-electron chi connectivity index (χ0n) is 9.41. The van der Waals surface area contributed by atoms with Gasteiger partial charge >= 0.3 is 5.97 Å². The van der Waals surface area contributed by atoms with Crippen LogP contribution in [0.15, 0.2) is 40.4 Å². The number of aliphatic imine (C=N–C) groups is 1. The van der Waals surface area contributed by atoms with Crippen molar-refractivity contribution < 1.29 is 23.1 Å². The Bertz CT molecular complexity index is 693. The molecule has 6 nitrogen and oxygen atoms in total. The highest BCUT2D eigenvalue weighted by Gasteiger charge is 2.34. The molecule has 1 heterocycles. The largest absolute Gasteiger partial charge is 0.485 e. The molecule has 1 N–H and O–H groups in total. The van der Waals surface area contributed by atoms with E-state index in [-0.39, 0.29) is 11.7 Å². The van der Waals surface area contributed by atoms with Crippen LogP contribution in [0.2, 0.25) is 5.02 Å². The molecular formula is C11H8ClNO5S. The number of halogens is 1. The van der Waals surface area contributed by atoms with Gasteiger partial charge in [-0.3, -0.25) is 0 Å². The number of sulfone groups is 1. The lowest BCUT2D eigenvalue weighted by Crippen LogP contribution is -2.23. The Kier molecular flexibility index (Phi) is 3.59. The van der Waals surface area contributed by atoms with Crippen LogP contribution in [-0.2, 0) is 14.6 Å². The lowest BCUT2D eigenvalue weighted by Gasteiger charge is -2.07. The molecule has 8 heteroatoms. The second-order valence-corrected chi connectivity index (χ2v) is 5.87. The lowest BCUT2D eigenvalue weighted by atomic mass is 10.3. The van der Waals surface area contributed by atoms with Crippen LogP contribution in [0.1, 0.15) is 0 Å². The summed E-state index contributed by atoms with van der Waals surface area (Å²) in [5.41, 5.74) is 0. The molecule has 0 aromatic heterocycles. The first-order valence-corrected chi connectivity index (χ1v) is 6.91. The molecule has 0 amide bonds. The van der Waals surface area contributed by atoms with Crippen molar-refractivity contribution in [1.82, 2.24) is 0 Å². The van der Waals surface area contributed by atoms with Gasteiger partial charge in [-0.05, 0) is 12.1 Å². The molecule has 1 aromatic rings. The number of rotatable bonds is 4. The van der Waals surface area contributed by atoms with E-state index in [2.05, 4.69) is 4.99 Å². The minimum Gasteiger partial charge on any atom is -0.485 e. The molecule has 0 saturated carbocycles. The van der Waals surface area contributed by atoms with E-state index in [1.54, 1.807) is 24.3 Å². The second-order valence-electron chi connectivity index (χ2n) is 3.54. The Hall–Kier alpha value is -1.86. The molecule has 0 atom stereocenters. The maximum atomic E-state index is 11.7. The summed E-state index contributed by atoms with van der Waals surface area (Å²) < 4.78 is 28.7. The van der Waals surface area contributed by atoms with Gasteiger partial charge in [-0.1, -0.05) is 23.7 Å². The number of aliphatic carboxylic acids is 1. The maximum Gasteiger partial charge on any atom is 0.349 e. The molecule has 2 rings (SSSR count). The molecule has 1 aromatic carbocycles. The van der Waals surface area contributed by atoms with Crippen molar-refractivity contribution in [2.75, 3.05) is 6.61 Å². The van der Waals surface area contributed by atoms with E-state index in [1.165, 1.54) is 0 Å². The number of carboxylic acid groups (broad SMARTS) is 1. The first-order valence-electron chi connectivity index (χ1n) is 5.05. The molecule has 0 aliphatic carbocycles. The van der Waals surface area contributed by atoms with Gasteiger partial charge in [0.2, 0.25) is 9.84 Å². The van der Waals surface area contributed by atoms with Crippen molar-refractivity contribution >= 4 is 32.5 Å².